The van der Waals surface area contributed by atoms with Gasteiger partial charge in [-0.3, -0.25) is 5.10 Å². The minimum absolute atomic E-state index is 0.199. The Labute approximate surface area is 179 Å². The maximum atomic E-state index is 15.3. The van der Waals surface area contributed by atoms with Crippen molar-refractivity contribution in [1.29, 1.82) is 0 Å². The van der Waals surface area contributed by atoms with Gasteiger partial charge >= 0.3 is 0 Å². The maximum absolute atomic E-state index is 15.3. The van der Waals surface area contributed by atoms with Crippen molar-refractivity contribution in [2.45, 2.75) is 19.4 Å². The van der Waals surface area contributed by atoms with Gasteiger partial charge in [0, 0.05) is 50.4 Å². The molecule has 0 amide bonds. The van der Waals surface area contributed by atoms with Crippen molar-refractivity contribution < 1.29 is 9.13 Å². The van der Waals surface area contributed by atoms with Gasteiger partial charge in [-0.05, 0) is 19.4 Å². The number of morpholine rings is 1. The molecular formula is C22H26FN7O. The van der Waals surface area contributed by atoms with Gasteiger partial charge in [0.1, 0.15) is 17.0 Å². The van der Waals surface area contributed by atoms with Crippen LogP contribution in [0, 0.1) is 11.2 Å². The molecule has 3 aromatic heterocycles. The first-order chi connectivity index (χ1) is 15.1. The summed E-state index contributed by atoms with van der Waals surface area (Å²) in [4.78, 5) is 13.9. The first-order valence-corrected chi connectivity index (χ1v) is 10.9. The Hall–Kier alpha value is -2.78. The molecule has 3 aromatic rings. The van der Waals surface area contributed by atoms with E-state index in [1.165, 1.54) is 6.20 Å². The lowest BCUT2D eigenvalue weighted by atomic mass is 9.81. The van der Waals surface area contributed by atoms with E-state index in [9.17, 15) is 0 Å². The van der Waals surface area contributed by atoms with E-state index in [0.717, 1.165) is 56.3 Å². The van der Waals surface area contributed by atoms with E-state index in [-0.39, 0.29) is 11.9 Å². The number of H-pyrrole nitrogens is 1. The largest absolute Gasteiger partial charge is 0.377 e. The number of hydrogen-bond donors (Lipinski definition) is 2. The molecule has 1 atom stereocenters. The van der Waals surface area contributed by atoms with Crippen LogP contribution >= 0.6 is 0 Å². The van der Waals surface area contributed by atoms with Gasteiger partial charge in [0.15, 0.2) is 5.82 Å². The minimum Gasteiger partial charge on any atom is -0.377 e. The molecular weight excluding hydrogens is 397 g/mol. The second kappa shape index (κ2) is 7.13. The second-order valence-electron chi connectivity index (χ2n) is 9.04. The average Bonchev–Trinajstić information content (AvgIpc) is 3.44. The molecule has 0 saturated carbocycles. The van der Waals surface area contributed by atoms with Crippen molar-refractivity contribution in [3.63, 3.8) is 0 Å². The number of aromatic amines is 1. The van der Waals surface area contributed by atoms with Crippen LogP contribution in [0.2, 0.25) is 0 Å². The third-order valence-corrected chi connectivity index (χ3v) is 6.95. The average molecular weight is 423 g/mol. The number of fused-ring (bicyclic) bond motifs is 1. The van der Waals surface area contributed by atoms with Crippen LogP contribution in [0.4, 0.5) is 15.9 Å². The molecule has 0 radical (unpaired) electrons. The van der Waals surface area contributed by atoms with Crippen molar-refractivity contribution in [1.82, 2.24) is 25.5 Å². The van der Waals surface area contributed by atoms with Crippen LogP contribution in [0.3, 0.4) is 0 Å². The molecule has 2 N–H and O–H groups in total. The third kappa shape index (κ3) is 3.06. The molecule has 3 saturated heterocycles. The Kier molecular flexibility index (Phi) is 4.36. The SMILES string of the molecule is C[C@@H]1COCCN1c1cc(N2CCC3(CNC3)C2)c2c(F)cnc(-c3ccn[nH]3)c2n1. The van der Waals surface area contributed by atoms with Crippen LogP contribution in [0.15, 0.2) is 24.5 Å². The number of anilines is 2. The highest BCUT2D eigenvalue weighted by atomic mass is 19.1. The van der Waals surface area contributed by atoms with Crippen molar-refractivity contribution >= 4 is 22.4 Å². The van der Waals surface area contributed by atoms with Crippen molar-refractivity contribution in [2.24, 2.45) is 5.41 Å². The molecule has 31 heavy (non-hydrogen) atoms. The highest BCUT2D eigenvalue weighted by Crippen LogP contribution is 2.42. The molecule has 9 heteroatoms. The molecule has 162 valence electrons. The Bertz CT molecular complexity index is 1110. The number of ether oxygens (including phenoxy) is 1. The quantitative estimate of drug-likeness (QED) is 0.668. The van der Waals surface area contributed by atoms with Crippen LogP contribution in [0.25, 0.3) is 22.3 Å². The topological polar surface area (TPSA) is 82.2 Å². The molecule has 0 unspecified atom stereocenters. The first kappa shape index (κ1) is 18.9. The molecule has 6 heterocycles. The van der Waals surface area contributed by atoms with Gasteiger partial charge in [0.05, 0.1) is 42.2 Å². The minimum atomic E-state index is -0.338. The molecule has 3 aliphatic heterocycles. The van der Waals surface area contributed by atoms with Gasteiger partial charge in [-0.2, -0.15) is 5.10 Å². The molecule has 0 aromatic carbocycles. The van der Waals surface area contributed by atoms with Gasteiger partial charge in [0.25, 0.3) is 0 Å². The highest BCUT2D eigenvalue weighted by molar-refractivity contribution is 6.00. The van der Waals surface area contributed by atoms with Gasteiger partial charge in [-0.25, -0.2) is 14.4 Å². The molecule has 6 rings (SSSR count). The predicted molar refractivity (Wildman–Crippen MR) is 117 cm³/mol. The summed E-state index contributed by atoms with van der Waals surface area (Å²) in [5, 5.41) is 11.0. The van der Waals surface area contributed by atoms with Gasteiger partial charge in [-0.15, -0.1) is 0 Å². The number of nitrogens with one attached hydrogen (secondary N) is 2. The second-order valence-corrected chi connectivity index (χ2v) is 9.04. The summed E-state index contributed by atoms with van der Waals surface area (Å²) in [5.41, 5.74) is 3.14. The number of nitrogens with zero attached hydrogens (tertiary/aromatic N) is 5. The van der Waals surface area contributed by atoms with Crippen molar-refractivity contribution in [2.75, 3.05) is 55.7 Å². The highest BCUT2D eigenvalue weighted by Gasteiger charge is 2.43. The van der Waals surface area contributed by atoms with E-state index in [0.29, 0.717) is 35.2 Å². The number of aromatic nitrogens is 4. The fourth-order valence-corrected chi connectivity index (χ4v) is 5.13. The van der Waals surface area contributed by atoms with Crippen LogP contribution in [-0.2, 0) is 4.74 Å². The van der Waals surface area contributed by atoms with E-state index in [4.69, 9.17) is 9.72 Å². The lowest BCUT2D eigenvalue weighted by Gasteiger charge is -2.39. The van der Waals surface area contributed by atoms with Crippen LogP contribution in [0.5, 0.6) is 0 Å². The Morgan fingerprint density at radius 1 is 1.29 bits per heavy atom. The van der Waals surface area contributed by atoms with Gasteiger partial charge in [-0.1, -0.05) is 0 Å². The third-order valence-electron chi connectivity index (χ3n) is 6.95. The number of rotatable bonds is 3. The molecule has 3 aliphatic rings. The number of hydrogen-bond acceptors (Lipinski definition) is 7. The summed E-state index contributed by atoms with van der Waals surface area (Å²) in [5.74, 6) is 0.508. The van der Waals surface area contributed by atoms with Crippen molar-refractivity contribution in [3.05, 3.63) is 30.3 Å². The molecule has 8 nitrogen and oxygen atoms in total. The molecule has 0 bridgehead atoms. The molecule has 0 aliphatic carbocycles. The zero-order chi connectivity index (χ0) is 21.0. The van der Waals surface area contributed by atoms with E-state index >= 15 is 4.39 Å². The monoisotopic (exact) mass is 423 g/mol. The predicted octanol–water partition coefficient (Wildman–Crippen LogP) is 2.18. The lowest BCUT2D eigenvalue weighted by molar-refractivity contribution is 0.0986. The zero-order valence-corrected chi connectivity index (χ0v) is 17.6. The van der Waals surface area contributed by atoms with Crippen LogP contribution in [-0.4, -0.2) is 72.1 Å². The van der Waals surface area contributed by atoms with Gasteiger partial charge in [0.2, 0.25) is 0 Å². The standard InChI is InChI=1S/C22H26FN7O/c1-14-10-31-7-6-30(14)18-8-17(29-5-3-22(13-29)11-24-12-22)19-15(23)9-25-20(21(19)27-18)16-2-4-26-28-16/h2,4,8-9,14,24H,3,5-7,10-13H2,1H3,(H,26,28)/t14-/m1/s1. The zero-order valence-electron chi connectivity index (χ0n) is 17.6. The fourth-order valence-electron chi connectivity index (χ4n) is 5.13. The smallest absolute Gasteiger partial charge is 0.153 e. The van der Waals surface area contributed by atoms with E-state index in [1.807, 2.05) is 6.07 Å². The van der Waals surface area contributed by atoms with Crippen molar-refractivity contribution in [3.8, 4) is 11.4 Å². The summed E-state index contributed by atoms with van der Waals surface area (Å²) in [6.07, 6.45) is 4.10. The Balaban J connectivity index is 1.55. The summed E-state index contributed by atoms with van der Waals surface area (Å²) in [6, 6.07) is 4.11. The number of halogens is 1. The summed E-state index contributed by atoms with van der Waals surface area (Å²) in [7, 11) is 0. The Morgan fingerprint density at radius 2 is 2.19 bits per heavy atom. The van der Waals surface area contributed by atoms with E-state index in [1.54, 1.807) is 6.20 Å². The molecule has 1 spiro atoms. The van der Waals surface area contributed by atoms with Crippen LogP contribution < -0.4 is 15.1 Å². The maximum Gasteiger partial charge on any atom is 0.153 e. The van der Waals surface area contributed by atoms with Crippen LogP contribution in [0.1, 0.15) is 13.3 Å². The summed E-state index contributed by atoms with van der Waals surface area (Å²) >= 11 is 0. The van der Waals surface area contributed by atoms with Gasteiger partial charge < -0.3 is 19.9 Å². The first-order valence-electron chi connectivity index (χ1n) is 10.9. The normalized spacial score (nSPS) is 23.0. The van der Waals surface area contributed by atoms with E-state index < -0.39 is 0 Å². The lowest BCUT2D eigenvalue weighted by Crippen LogP contribution is -2.54. The Morgan fingerprint density at radius 3 is 2.90 bits per heavy atom. The summed E-state index contributed by atoms with van der Waals surface area (Å²) in [6.45, 7) is 8.12. The fraction of sp³-hybridized carbons (Fsp3) is 0.500. The number of pyridine rings is 2. The summed E-state index contributed by atoms with van der Waals surface area (Å²) < 4.78 is 20.9. The van der Waals surface area contributed by atoms with E-state index in [2.05, 4.69) is 43.3 Å². The molecule has 3 fully saturated rings.